The van der Waals surface area contributed by atoms with Crippen molar-refractivity contribution >= 4 is 11.9 Å². The van der Waals surface area contributed by atoms with Gasteiger partial charge in [-0.05, 0) is 57.6 Å². The zero-order valence-electron chi connectivity index (χ0n) is 23.9. The average Bonchev–Trinajstić information content (AvgIpc) is 3.68. The fraction of sp³-hybridized carbons (Fsp3) is 0.621. The smallest absolute Gasteiger partial charge is 0.308 e. The number of nitrogens with zero attached hydrogens (tertiary/aromatic N) is 5. The quantitative estimate of drug-likeness (QED) is 0.340. The highest BCUT2D eigenvalue weighted by molar-refractivity contribution is 5.79. The summed E-state index contributed by atoms with van der Waals surface area (Å²) in [6, 6.07) is 3.29. The van der Waals surface area contributed by atoms with E-state index < -0.39 is 11.9 Å². The number of amides is 1. The monoisotopic (exact) mass is 557 g/mol. The number of aliphatic hydroxyl groups is 1. The Morgan fingerprint density at radius 2 is 1.95 bits per heavy atom. The third kappa shape index (κ3) is 7.13. The number of rotatable bonds is 15. The molecule has 11 heteroatoms. The van der Waals surface area contributed by atoms with Crippen LogP contribution in [0.25, 0.3) is 0 Å². The Kier molecular flexibility index (Phi) is 10.4. The number of hydrogen-bond acceptors (Lipinski definition) is 8. The molecule has 4 rings (SSSR count). The van der Waals surface area contributed by atoms with E-state index in [2.05, 4.69) is 21.7 Å². The highest BCUT2D eigenvalue weighted by Gasteiger charge is 2.47. The van der Waals surface area contributed by atoms with Gasteiger partial charge in [0.1, 0.15) is 0 Å². The summed E-state index contributed by atoms with van der Waals surface area (Å²) in [7, 11) is 4.05. The molecule has 220 valence electrons. The molecule has 3 heterocycles. The van der Waals surface area contributed by atoms with Gasteiger partial charge in [0.05, 0.1) is 25.4 Å². The Bertz CT molecular complexity index is 1120. The number of carbonyl (C=O) groups is 2. The molecule has 11 nitrogen and oxygen atoms in total. The average molecular weight is 558 g/mol. The second kappa shape index (κ2) is 14.0. The second-order valence-electron chi connectivity index (χ2n) is 11.0. The predicted molar refractivity (Wildman–Crippen MR) is 149 cm³/mol. The first-order valence-electron chi connectivity index (χ1n) is 14.2. The van der Waals surface area contributed by atoms with Gasteiger partial charge in [-0.15, -0.1) is 0 Å². The van der Waals surface area contributed by atoms with Gasteiger partial charge in [-0.2, -0.15) is 0 Å². The van der Waals surface area contributed by atoms with E-state index >= 15 is 0 Å². The van der Waals surface area contributed by atoms with Crippen molar-refractivity contribution in [2.24, 2.45) is 5.92 Å². The van der Waals surface area contributed by atoms with Crippen molar-refractivity contribution < 1.29 is 29.3 Å². The van der Waals surface area contributed by atoms with Crippen molar-refractivity contribution in [3.05, 3.63) is 42.0 Å². The molecule has 2 N–H and O–H groups in total. The Balaban J connectivity index is 1.60. The van der Waals surface area contributed by atoms with Crippen LogP contribution < -0.4 is 9.47 Å². The van der Waals surface area contributed by atoms with Gasteiger partial charge in [-0.25, -0.2) is 4.98 Å². The van der Waals surface area contributed by atoms with Gasteiger partial charge >= 0.3 is 5.97 Å². The minimum absolute atomic E-state index is 0.0337. The molecule has 0 spiro atoms. The summed E-state index contributed by atoms with van der Waals surface area (Å²) in [6.45, 7) is 5.39. The van der Waals surface area contributed by atoms with Gasteiger partial charge in [0.15, 0.2) is 11.5 Å². The number of carboxylic acids is 1. The molecule has 0 unspecified atom stereocenters. The maximum Gasteiger partial charge on any atom is 0.308 e. The molecule has 1 amide bonds. The van der Waals surface area contributed by atoms with E-state index in [4.69, 9.17) is 9.47 Å². The summed E-state index contributed by atoms with van der Waals surface area (Å²) < 4.78 is 13.1. The fourth-order valence-electron chi connectivity index (χ4n) is 5.89. The molecule has 2 aliphatic heterocycles. The number of carboxylic acid groups (broad SMARTS) is 1. The first-order valence-corrected chi connectivity index (χ1v) is 14.2. The summed E-state index contributed by atoms with van der Waals surface area (Å²) in [5.74, 6) is -0.957. The maximum atomic E-state index is 13.7. The molecule has 2 aromatic rings. The normalized spacial score (nSPS) is 20.4. The van der Waals surface area contributed by atoms with Crippen LogP contribution in [0.2, 0.25) is 0 Å². The molecule has 0 bridgehead atoms. The third-order valence-corrected chi connectivity index (χ3v) is 7.95. The molecule has 1 saturated heterocycles. The summed E-state index contributed by atoms with van der Waals surface area (Å²) in [4.78, 5) is 36.7. The minimum atomic E-state index is -0.896. The zero-order chi connectivity index (χ0) is 28.6. The van der Waals surface area contributed by atoms with Gasteiger partial charge in [0.2, 0.25) is 12.7 Å². The number of aliphatic hydroxyl groups excluding tert-OH is 1. The Morgan fingerprint density at radius 1 is 1.15 bits per heavy atom. The summed E-state index contributed by atoms with van der Waals surface area (Å²) in [5, 5.41) is 20.5. The van der Waals surface area contributed by atoms with E-state index in [1.165, 1.54) is 0 Å². The Hall–Kier alpha value is -3.15. The topological polar surface area (TPSA) is 121 Å². The van der Waals surface area contributed by atoms with E-state index in [0.717, 1.165) is 31.4 Å². The van der Waals surface area contributed by atoms with Crippen LogP contribution in [0.5, 0.6) is 11.5 Å². The number of fused-ring (bicyclic) bond motifs is 1. The standard InChI is InChI=1S/C29H43N5O6/c1-4-5-10-33(11-6-9-31(2)3)26(36)17-34-16-23(21-14-22(18-35)28-25(15-21)39-20-40-28)27(29(37)38)24(34)7-12-32-13-8-30-19-32/h8,13-15,19,23-24,27,35H,4-7,9-12,16-18,20H2,1-3H3,(H,37,38)/t23-,24+,27-/m1/s1. The largest absolute Gasteiger partial charge is 0.481 e. The zero-order valence-corrected chi connectivity index (χ0v) is 23.9. The number of unbranched alkanes of at least 4 members (excludes halogenated alkanes) is 1. The Labute approximate surface area is 236 Å². The van der Waals surface area contributed by atoms with E-state index in [1.807, 2.05) is 41.9 Å². The Morgan fingerprint density at radius 3 is 2.62 bits per heavy atom. The lowest BCUT2D eigenvalue weighted by Gasteiger charge is -2.30. The summed E-state index contributed by atoms with van der Waals surface area (Å²) in [5.41, 5.74) is 1.35. The molecule has 0 radical (unpaired) electrons. The highest BCUT2D eigenvalue weighted by Crippen LogP contribution is 2.44. The van der Waals surface area contributed by atoms with E-state index in [9.17, 15) is 19.8 Å². The SMILES string of the molecule is CCCCN(CCCN(C)C)C(=O)CN1C[C@H](c2cc(CO)c3c(c2)OCO3)[C@@H](C(=O)O)[C@@H]1CCn1ccnc1. The van der Waals surface area contributed by atoms with Gasteiger partial charge in [0.25, 0.3) is 0 Å². The minimum Gasteiger partial charge on any atom is -0.481 e. The second-order valence-corrected chi connectivity index (χ2v) is 11.0. The molecule has 1 aromatic carbocycles. The first-order chi connectivity index (χ1) is 19.3. The molecule has 0 aliphatic carbocycles. The van der Waals surface area contributed by atoms with E-state index in [-0.39, 0.29) is 37.8 Å². The fourth-order valence-corrected chi connectivity index (χ4v) is 5.89. The van der Waals surface area contributed by atoms with Crippen LogP contribution in [-0.2, 0) is 22.7 Å². The van der Waals surface area contributed by atoms with Crippen molar-refractivity contribution in [3.63, 3.8) is 0 Å². The van der Waals surface area contributed by atoms with Crippen molar-refractivity contribution in [1.29, 1.82) is 0 Å². The molecular formula is C29H43N5O6. The van der Waals surface area contributed by atoms with Crippen molar-refractivity contribution in [3.8, 4) is 11.5 Å². The third-order valence-electron chi connectivity index (χ3n) is 7.95. The number of ether oxygens (including phenoxy) is 2. The van der Waals surface area contributed by atoms with Gasteiger partial charge in [-0.1, -0.05) is 13.3 Å². The van der Waals surface area contributed by atoms with Gasteiger partial charge < -0.3 is 34.1 Å². The lowest BCUT2D eigenvalue weighted by molar-refractivity contribution is -0.144. The van der Waals surface area contributed by atoms with Crippen LogP contribution in [-0.4, -0.2) is 106 Å². The van der Waals surface area contributed by atoms with E-state index in [1.54, 1.807) is 12.5 Å². The van der Waals surface area contributed by atoms with E-state index in [0.29, 0.717) is 49.7 Å². The molecule has 1 aromatic heterocycles. The van der Waals surface area contributed by atoms with Gasteiger partial charge in [-0.3, -0.25) is 14.5 Å². The molecule has 40 heavy (non-hydrogen) atoms. The number of aryl methyl sites for hydroxylation is 1. The highest BCUT2D eigenvalue weighted by atomic mass is 16.7. The summed E-state index contributed by atoms with van der Waals surface area (Å²) >= 11 is 0. The first kappa shape index (κ1) is 29.8. The van der Waals surface area contributed by atoms with Crippen molar-refractivity contribution in [2.75, 3.05) is 53.6 Å². The number of aromatic nitrogens is 2. The number of hydrogen-bond donors (Lipinski definition) is 2. The summed E-state index contributed by atoms with van der Waals surface area (Å²) in [6.07, 6.45) is 8.66. The van der Waals surface area contributed by atoms with Crippen LogP contribution in [0, 0.1) is 5.92 Å². The lowest BCUT2D eigenvalue weighted by atomic mass is 9.83. The molecular weight excluding hydrogens is 514 g/mol. The molecule has 2 aliphatic rings. The van der Waals surface area contributed by atoms with Crippen molar-refractivity contribution in [2.45, 2.75) is 57.7 Å². The van der Waals surface area contributed by atoms with Gasteiger partial charge in [0, 0.05) is 56.1 Å². The maximum absolute atomic E-state index is 13.7. The number of likely N-dealkylation sites (tertiary alicyclic amines) is 1. The molecule has 3 atom stereocenters. The lowest BCUT2D eigenvalue weighted by Crippen LogP contribution is -2.45. The predicted octanol–water partition coefficient (Wildman–Crippen LogP) is 2.24. The number of aliphatic carboxylic acids is 1. The number of imidazole rings is 1. The molecule has 0 saturated carbocycles. The van der Waals surface area contributed by atoms with Crippen LogP contribution >= 0.6 is 0 Å². The van der Waals surface area contributed by atoms with Crippen LogP contribution in [0.1, 0.15) is 49.7 Å². The van der Waals surface area contributed by atoms with Crippen LogP contribution in [0.3, 0.4) is 0 Å². The number of carbonyl (C=O) groups excluding carboxylic acids is 1. The molecule has 1 fully saturated rings. The number of benzene rings is 1. The van der Waals surface area contributed by atoms with Crippen LogP contribution in [0.4, 0.5) is 0 Å². The van der Waals surface area contributed by atoms with Crippen molar-refractivity contribution in [1.82, 2.24) is 24.3 Å². The van der Waals surface area contributed by atoms with Crippen LogP contribution in [0.15, 0.2) is 30.9 Å².